The van der Waals surface area contributed by atoms with Gasteiger partial charge in [-0.25, -0.2) is 0 Å². The number of rotatable bonds is 2. The topological polar surface area (TPSA) is 26.3 Å². The van der Waals surface area contributed by atoms with E-state index >= 15 is 0 Å². The van der Waals surface area contributed by atoms with E-state index in [1.807, 2.05) is 12.2 Å². The number of carbonyl (C=O) groups excluding carboxylic acids is 1. The van der Waals surface area contributed by atoms with E-state index < -0.39 is 0 Å². The summed E-state index contributed by atoms with van der Waals surface area (Å²) >= 11 is 0. The Morgan fingerprint density at radius 1 is 1.33 bits per heavy atom. The third-order valence-electron chi connectivity index (χ3n) is 0.925. The second kappa shape index (κ2) is 4.36. The number of allylic oxidation sites excluding steroid dienone is 2. The van der Waals surface area contributed by atoms with E-state index in [1.54, 1.807) is 12.2 Å². The van der Waals surface area contributed by atoms with Crippen LogP contribution < -0.4 is 0 Å². The first-order valence-electron chi connectivity index (χ1n) is 2.37. The molecule has 0 heterocycles. The van der Waals surface area contributed by atoms with Gasteiger partial charge in [-0.15, -0.1) is 0 Å². The van der Waals surface area contributed by atoms with Crippen molar-refractivity contribution in [2.24, 2.45) is 0 Å². The maximum Gasteiger partial charge on any atom is 0.293 e. The molecule has 0 spiro atoms. The van der Waals surface area contributed by atoms with Gasteiger partial charge in [0.05, 0.1) is 0 Å². The zero-order valence-corrected chi connectivity index (χ0v) is 5.74. The van der Waals surface area contributed by atoms with Crippen molar-refractivity contribution in [3.8, 4) is 0 Å². The molecule has 9 heavy (non-hydrogen) atoms. The first-order valence-corrected chi connectivity index (χ1v) is 2.37. The molecule has 0 radical (unpaired) electrons. The van der Waals surface area contributed by atoms with E-state index in [0.717, 1.165) is 0 Å². The Kier molecular flexibility index (Phi) is 4.10. The molecule has 0 aliphatic heterocycles. The quantitative estimate of drug-likeness (QED) is 0.444. The molecule has 0 amide bonds. The summed E-state index contributed by atoms with van der Waals surface area (Å²) in [5.74, 6) is 0. The van der Waals surface area contributed by atoms with Crippen LogP contribution in [0.25, 0.3) is 0 Å². The molecule has 1 aliphatic carbocycles. The molecule has 0 bridgehead atoms. The summed E-state index contributed by atoms with van der Waals surface area (Å²) in [5.41, 5.74) is 0. The largest absolute Gasteiger partial charge is 0.456 e. The van der Waals surface area contributed by atoms with Crippen LogP contribution >= 0.6 is 0 Å². The Hall–Kier alpha value is -0.531. The van der Waals surface area contributed by atoms with Crippen molar-refractivity contribution in [1.29, 1.82) is 0 Å². The Morgan fingerprint density at radius 2 is 1.89 bits per heavy atom. The smallest absolute Gasteiger partial charge is 0.293 e. The van der Waals surface area contributed by atoms with Crippen molar-refractivity contribution in [1.82, 2.24) is 0 Å². The van der Waals surface area contributed by atoms with Crippen LogP contribution in [0.1, 0.15) is 0 Å². The fourth-order valence-corrected chi connectivity index (χ4v) is 0.566. The van der Waals surface area contributed by atoms with Gasteiger partial charge in [-0.1, -0.05) is 12.2 Å². The first-order chi connectivity index (χ1) is 3.93. The van der Waals surface area contributed by atoms with E-state index in [-0.39, 0.29) is 23.2 Å². The molecular weight excluding hydrogens is 160 g/mol. The Balaban J connectivity index is 0.000000640. The number of hydrogen-bond acceptors (Lipinski definition) is 2. The molecular formula is C6H6FeO2. The van der Waals surface area contributed by atoms with E-state index in [1.165, 1.54) is 0 Å². The molecule has 0 fully saturated rings. The van der Waals surface area contributed by atoms with Gasteiger partial charge in [-0.3, -0.25) is 4.79 Å². The molecule has 3 heteroatoms. The fraction of sp³-hybridized carbons (Fsp3) is 0.167. The van der Waals surface area contributed by atoms with Crippen LogP contribution in [0.15, 0.2) is 24.3 Å². The zero-order valence-electron chi connectivity index (χ0n) is 4.63. The van der Waals surface area contributed by atoms with Gasteiger partial charge in [0.25, 0.3) is 6.47 Å². The molecule has 0 aromatic carbocycles. The minimum absolute atomic E-state index is 0. The second-order valence-corrected chi connectivity index (χ2v) is 1.47. The molecule has 50 valence electrons. The molecule has 1 rings (SSSR count). The summed E-state index contributed by atoms with van der Waals surface area (Å²) in [6.45, 7) is 0.449. The maximum absolute atomic E-state index is 9.67. The molecule has 0 saturated heterocycles. The molecule has 0 atom stereocenters. The molecule has 0 N–H and O–H groups in total. The van der Waals surface area contributed by atoms with Crippen LogP contribution in [-0.2, 0) is 26.6 Å². The molecule has 1 aliphatic rings. The standard InChI is InChI=1S/C6H6O2.Fe/c7-5-8-6-3-1-2-4-6;/h1-6H;. The van der Waals surface area contributed by atoms with Gasteiger partial charge in [-0.2, -0.15) is 0 Å². The van der Waals surface area contributed by atoms with Crippen LogP contribution in [-0.4, -0.2) is 12.6 Å². The molecule has 0 aromatic rings. The van der Waals surface area contributed by atoms with Crippen LogP contribution in [0.2, 0.25) is 0 Å². The maximum atomic E-state index is 9.67. The van der Waals surface area contributed by atoms with Crippen molar-refractivity contribution in [3.63, 3.8) is 0 Å². The van der Waals surface area contributed by atoms with Crippen LogP contribution in [0.3, 0.4) is 0 Å². The van der Waals surface area contributed by atoms with Crippen molar-refractivity contribution in [2.45, 2.75) is 6.10 Å². The zero-order chi connectivity index (χ0) is 5.82. The molecule has 0 saturated carbocycles. The van der Waals surface area contributed by atoms with Gasteiger partial charge in [0, 0.05) is 17.1 Å². The van der Waals surface area contributed by atoms with Gasteiger partial charge < -0.3 is 4.74 Å². The van der Waals surface area contributed by atoms with Crippen LogP contribution in [0.5, 0.6) is 0 Å². The number of hydrogen-bond donors (Lipinski definition) is 0. The summed E-state index contributed by atoms with van der Waals surface area (Å²) in [6, 6.07) is 0. The monoisotopic (exact) mass is 166 g/mol. The number of carbonyl (C=O) groups is 1. The summed E-state index contributed by atoms with van der Waals surface area (Å²) < 4.78 is 4.55. The molecule has 2 nitrogen and oxygen atoms in total. The van der Waals surface area contributed by atoms with E-state index in [2.05, 4.69) is 4.74 Å². The minimum atomic E-state index is -0.118. The third kappa shape index (κ3) is 2.49. The predicted octanol–water partition coefficient (Wildman–Crippen LogP) is 0.651. The molecule has 0 aromatic heterocycles. The van der Waals surface area contributed by atoms with Gasteiger partial charge in [0.2, 0.25) is 0 Å². The third-order valence-corrected chi connectivity index (χ3v) is 0.925. The Labute approximate surface area is 64.0 Å². The van der Waals surface area contributed by atoms with Crippen LogP contribution in [0, 0.1) is 0 Å². The van der Waals surface area contributed by atoms with Crippen molar-refractivity contribution < 1.29 is 26.6 Å². The number of ether oxygens (including phenoxy) is 1. The SMILES string of the molecule is O=COC1C=CC=C1.[Fe]. The van der Waals surface area contributed by atoms with Gasteiger partial charge in [0.1, 0.15) is 6.10 Å². The Morgan fingerprint density at radius 3 is 2.33 bits per heavy atom. The average Bonchev–Trinajstić information content (AvgIpc) is 2.19. The predicted molar refractivity (Wildman–Crippen MR) is 29.2 cm³/mol. The van der Waals surface area contributed by atoms with Crippen molar-refractivity contribution in [2.75, 3.05) is 0 Å². The minimum Gasteiger partial charge on any atom is -0.456 e. The van der Waals surface area contributed by atoms with Crippen LogP contribution in [0.4, 0.5) is 0 Å². The summed E-state index contributed by atoms with van der Waals surface area (Å²) in [6.07, 6.45) is 7.16. The average molecular weight is 166 g/mol. The normalized spacial score (nSPS) is 15.1. The second-order valence-electron chi connectivity index (χ2n) is 1.47. The fourth-order valence-electron chi connectivity index (χ4n) is 0.566. The van der Waals surface area contributed by atoms with Gasteiger partial charge in [0.15, 0.2) is 0 Å². The van der Waals surface area contributed by atoms with Crippen molar-refractivity contribution >= 4 is 6.47 Å². The van der Waals surface area contributed by atoms with E-state index in [9.17, 15) is 4.79 Å². The van der Waals surface area contributed by atoms with Gasteiger partial charge >= 0.3 is 0 Å². The van der Waals surface area contributed by atoms with E-state index in [4.69, 9.17) is 0 Å². The summed E-state index contributed by atoms with van der Waals surface area (Å²) in [7, 11) is 0. The van der Waals surface area contributed by atoms with Gasteiger partial charge in [-0.05, 0) is 12.2 Å². The van der Waals surface area contributed by atoms with E-state index in [0.29, 0.717) is 6.47 Å². The first kappa shape index (κ1) is 8.47. The summed E-state index contributed by atoms with van der Waals surface area (Å²) in [4.78, 5) is 9.67. The summed E-state index contributed by atoms with van der Waals surface area (Å²) in [5, 5.41) is 0. The molecule has 0 unspecified atom stereocenters. The van der Waals surface area contributed by atoms with Crippen molar-refractivity contribution in [3.05, 3.63) is 24.3 Å². The Bertz CT molecular complexity index is 128.